The summed E-state index contributed by atoms with van der Waals surface area (Å²) in [6.07, 6.45) is 1.72. The summed E-state index contributed by atoms with van der Waals surface area (Å²) in [7, 11) is 0. The molecule has 0 aliphatic carbocycles. The van der Waals surface area contributed by atoms with Gasteiger partial charge >= 0.3 is 0 Å². The van der Waals surface area contributed by atoms with Gasteiger partial charge in [0.05, 0.1) is 16.4 Å². The molecule has 35 heavy (non-hydrogen) atoms. The molecule has 5 rings (SSSR count). The van der Waals surface area contributed by atoms with Crippen molar-refractivity contribution in [2.75, 3.05) is 5.32 Å². The maximum atomic E-state index is 12.3. The van der Waals surface area contributed by atoms with E-state index in [0.717, 1.165) is 32.7 Å². The van der Waals surface area contributed by atoms with Crippen molar-refractivity contribution in [3.8, 4) is 11.3 Å². The second kappa shape index (κ2) is 10.3. The number of aromatic nitrogens is 3. The standard InChI is InChI=1S/C27H21BrClN5O/c28-22-17-32-34-25(14-24(33-26(22)34)21-8-4-5-9-23(21)29)30-15-18-10-12-19(13-11-18)16-31-27(35)20-6-2-1-3-7-20/h1-14,17,30H,15-16H2,(H,31,35). The van der Waals surface area contributed by atoms with E-state index in [1.54, 1.807) is 22.8 Å². The first-order chi connectivity index (χ1) is 17.1. The fourth-order valence-electron chi connectivity index (χ4n) is 3.71. The van der Waals surface area contributed by atoms with E-state index in [1.165, 1.54) is 0 Å². The van der Waals surface area contributed by atoms with Crippen LogP contribution in [-0.2, 0) is 13.1 Å². The van der Waals surface area contributed by atoms with Crippen molar-refractivity contribution in [1.82, 2.24) is 19.9 Å². The molecular weight excluding hydrogens is 526 g/mol. The summed E-state index contributed by atoms with van der Waals surface area (Å²) in [6, 6.07) is 26.9. The van der Waals surface area contributed by atoms with Gasteiger partial charge in [-0.2, -0.15) is 9.61 Å². The molecule has 0 aliphatic heterocycles. The molecule has 8 heteroatoms. The third kappa shape index (κ3) is 5.21. The first-order valence-electron chi connectivity index (χ1n) is 11.0. The lowest BCUT2D eigenvalue weighted by Crippen LogP contribution is -2.22. The Morgan fingerprint density at radius 2 is 1.60 bits per heavy atom. The number of fused-ring (bicyclic) bond motifs is 1. The summed E-state index contributed by atoms with van der Waals surface area (Å²) >= 11 is 9.96. The lowest BCUT2D eigenvalue weighted by molar-refractivity contribution is 0.0951. The smallest absolute Gasteiger partial charge is 0.251 e. The minimum absolute atomic E-state index is 0.0854. The maximum Gasteiger partial charge on any atom is 0.251 e. The van der Waals surface area contributed by atoms with Crippen molar-refractivity contribution in [3.05, 3.63) is 117 Å². The highest BCUT2D eigenvalue weighted by atomic mass is 79.9. The van der Waals surface area contributed by atoms with Gasteiger partial charge in [0.25, 0.3) is 5.91 Å². The van der Waals surface area contributed by atoms with Crippen LogP contribution < -0.4 is 10.6 Å². The van der Waals surface area contributed by atoms with E-state index in [9.17, 15) is 4.79 Å². The molecule has 3 aromatic carbocycles. The molecule has 0 atom stereocenters. The number of hydrogen-bond donors (Lipinski definition) is 2. The van der Waals surface area contributed by atoms with Crippen LogP contribution in [0.5, 0.6) is 0 Å². The van der Waals surface area contributed by atoms with E-state index in [0.29, 0.717) is 29.3 Å². The molecule has 6 nitrogen and oxygen atoms in total. The Hall–Kier alpha value is -3.68. The second-order valence-electron chi connectivity index (χ2n) is 7.95. The van der Waals surface area contributed by atoms with Gasteiger partial charge in [-0.1, -0.05) is 72.3 Å². The molecule has 174 valence electrons. The van der Waals surface area contributed by atoms with E-state index in [-0.39, 0.29) is 5.91 Å². The lowest BCUT2D eigenvalue weighted by Gasteiger charge is -2.12. The van der Waals surface area contributed by atoms with Gasteiger partial charge in [-0.3, -0.25) is 4.79 Å². The Labute approximate surface area is 216 Å². The number of halogens is 2. The molecule has 0 fully saturated rings. The fraction of sp³-hybridized carbons (Fsp3) is 0.0741. The van der Waals surface area contributed by atoms with Crippen LogP contribution in [0.3, 0.4) is 0 Å². The number of benzene rings is 3. The van der Waals surface area contributed by atoms with Crippen molar-refractivity contribution in [3.63, 3.8) is 0 Å². The third-order valence-corrected chi connectivity index (χ3v) is 6.45. The Morgan fingerprint density at radius 1 is 0.914 bits per heavy atom. The molecule has 2 heterocycles. The predicted octanol–water partition coefficient (Wildman–Crippen LogP) is 6.35. The molecule has 1 amide bonds. The zero-order valence-electron chi connectivity index (χ0n) is 18.6. The van der Waals surface area contributed by atoms with Crippen molar-refractivity contribution in [2.45, 2.75) is 13.1 Å². The van der Waals surface area contributed by atoms with Gasteiger partial charge in [0, 0.05) is 35.3 Å². The fourth-order valence-corrected chi connectivity index (χ4v) is 4.29. The molecular formula is C27H21BrClN5O. The largest absolute Gasteiger partial charge is 0.366 e. The summed E-state index contributed by atoms with van der Waals surface area (Å²) in [5.74, 6) is 0.715. The highest BCUT2D eigenvalue weighted by Gasteiger charge is 2.13. The number of nitrogens with one attached hydrogen (secondary N) is 2. The van der Waals surface area contributed by atoms with Gasteiger partial charge in [-0.05, 0) is 45.3 Å². The summed E-state index contributed by atoms with van der Waals surface area (Å²) < 4.78 is 2.56. The summed E-state index contributed by atoms with van der Waals surface area (Å²) in [5, 5.41) is 11.5. The Kier molecular flexibility index (Phi) is 6.79. The number of amides is 1. The van der Waals surface area contributed by atoms with Crippen LogP contribution in [0.4, 0.5) is 5.82 Å². The van der Waals surface area contributed by atoms with Crippen LogP contribution in [0.1, 0.15) is 21.5 Å². The monoisotopic (exact) mass is 545 g/mol. The minimum atomic E-state index is -0.0854. The van der Waals surface area contributed by atoms with Gasteiger partial charge < -0.3 is 10.6 Å². The van der Waals surface area contributed by atoms with Gasteiger partial charge in [-0.15, -0.1) is 0 Å². The highest BCUT2D eigenvalue weighted by molar-refractivity contribution is 9.10. The lowest BCUT2D eigenvalue weighted by atomic mass is 10.1. The van der Waals surface area contributed by atoms with Crippen molar-refractivity contribution < 1.29 is 4.79 Å². The van der Waals surface area contributed by atoms with Gasteiger partial charge in [0.1, 0.15) is 5.82 Å². The van der Waals surface area contributed by atoms with E-state index in [4.69, 9.17) is 16.6 Å². The molecule has 0 spiro atoms. The van der Waals surface area contributed by atoms with Crippen molar-refractivity contribution in [2.24, 2.45) is 0 Å². The maximum absolute atomic E-state index is 12.3. The molecule has 2 aromatic heterocycles. The van der Waals surface area contributed by atoms with E-state index in [1.807, 2.05) is 72.8 Å². The molecule has 0 unspecified atom stereocenters. The number of rotatable bonds is 7. The highest BCUT2D eigenvalue weighted by Crippen LogP contribution is 2.30. The normalized spacial score (nSPS) is 10.9. The SMILES string of the molecule is O=C(NCc1ccc(CNc2cc(-c3ccccc3Cl)nc3c(Br)cnn23)cc1)c1ccccc1. The molecule has 0 aliphatic rings. The minimum Gasteiger partial charge on any atom is -0.366 e. The number of carbonyl (C=O) groups excluding carboxylic acids is 1. The van der Waals surface area contributed by atoms with E-state index >= 15 is 0 Å². The second-order valence-corrected chi connectivity index (χ2v) is 9.21. The Morgan fingerprint density at radius 3 is 2.34 bits per heavy atom. The molecule has 5 aromatic rings. The topological polar surface area (TPSA) is 71.3 Å². The summed E-state index contributed by atoms with van der Waals surface area (Å²) in [5.41, 5.74) is 5.10. The Balaban J connectivity index is 1.29. The third-order valence-electron chi connectivity index (χ3n) is 5.56. The first-order valence-corrected chi connectivity index (χ1v) is 12.2. The zero-order chi connectivity index (χ0) is 24.2. The van der Waals surface area contributed by atoms with Crippen LogP contribution in [0.2, 0.25) is 5.02 Å². The summed E-state index contributed by atoms with van der Waals surface area (Å²) in [4.78, 5) is 17.0. The number of nitrogens with zero attached hydrogens (tertiary/aromatic N) is 3. The molecule has 2 N–H and O–H groups in total. The number of carbonyl (C=O) groups is 1. The molecule has 0 saturated heterocycles. The van der Waals surface area contributed by atoms with Gasteiger partial charge in [0.2, 0.25) is 0 Å². The van der Waals surface area contributed by atoms with E-state index in [2.05, 4.69) is 31.7 Å². The van der Waals surface area contributed by atoms with Crippen LogP contribution in [0.25, 0.3) is 16.9 Å². The van der Waals surface area contributed by atoms with Crippen LogP contribution in [-0.4, -0.2) is 20.5 Å². The quantitative estimate of drug-likeness (QED) is 0.249. The Bertz CT molecular complexity index is 1490. The van der Waals surface area contributed by atoms with Crippen LogP contribution >= 0.6 is 27.5 Å². The average molecular weight is 547 g/mol. The van der Waals surface area contributed by atoms with Crippen molar-refractivity contribution >= 4 is 44.9 Å². The molecule has 0 saturated carbocycles. The molecule has 0 bridgehead atoms. The zero-order valence-corrected chi connectivity index (χ0v) is 20.9. The van der Waals surface area contributed by atoms with Gasteiger partial charge in [0.15, 0.2) is 5.65 Å². The van der Waals surface area contributed by atoms with E-state index < -0.39 is 0 Å². The molecule has 0 radical (unpaired) electrons. The average Bonchev–Trinajstić information content (AvgIpc) is 3.28. The van der Waals surface area contributed by atoms with Crippen molar-refractivity contribution in [1.29, 1.82) is 0 Å². The summed E-state index contributed by atoms with van der Waals surface area (Å²) in [6.45, 7) is 1.06. The van der Waals surface area contributed by atoms with Gasteiger partial charge in [-0.25, -0.2) is 4.98 Å². The number of anilines is 1. The number of hydrogen-bond acceptors (Lipinski definition) is 4. The predicted molar refractivity (Wildman–Crippen MR) is 143 cm³/mol. The first kappa shape index (κ1) is 23.1. The van der Waals surface area contributed by atoms with Crippen LogP contribution in [0.15, 0.2) is 95.6 Å². The van der Waals surface area contributed by atoms with Crippen LogP contribution in [0, 0.1) is 0 Å².